The van der Waals surface area contributed by atoms with Crippen LogP contribution in [-0.4, -0.2) is 24.8 Å². The van der Waals surface area contributed by atoms with E-state index in [1.54, 1.807) is 0 Å². The average molecular weight is 206 g/mol. The van der Waals surface area contributed by atoms with E-state index >= 15 is 0 Å². The van der Waals surface area contributed by atoms with E-state index in [4.69, 9.17) is 9.84 Å². The Labute approximate surface area is 88.7 Å². The minimum Gasteiger partial charge on any atom is -0.469 e. The highest BCUT2D eigenvalue weighted by Gasteiger charge is 2.55. The molecule has 1 aromatic carbocycles. The summed E-state index contributed by atoms with van der Waals surface area (Å²) in [6.07, 6.45) is 0. The molecule has 1 fully saturated rings. The standard InChI is InChI=1S/C12H14O3/c1-15-12(14)11-9(7-13)10(11)8-5-3-2-4-6-8/h2-6,9-11,13H,7H2,1H3/t9-,10-,11-/m1/s1. The van der Waals surface area contributed by atoms with Crippen LogP contribution in [0.25, 0.3) is 0 Å². The van der Waals surface area contributed by atoms with Gasteiger partial charge in [0.1, 0.15) is 0 Å². The van der Waals surface area contributed by atoms with E-state index in [9.17, 15) is 4.79 Å². The van der Waals surface area contributed by atoms with Gasteiger partial charge in [-0.25, -0.2) is 0 Å². The minimum atomic E-state index is -0.220. The van der Waals surface area contributed by atoms with E-state index in [0.29, 0.717) is 0 Å². The van der Waals surface area contributed by atoms with Gasteiger partial charge in [0.2, 0.25) is 0 Å². The van der Waals surface area contributed by atoms with Crippen LogP contribution < -0.4 is 0 Å². The van der Waals surface area contributed by atoms with Gasteiger partial charge in [-0.05, 0) is 5.56 Å². The first-order chi connectivity index (χ1) is 7.29. The second kappa shape index (κ2) is 4.03. The lowest BCUT2D eigenvalue weighted by molar-refractivity contribution is -0.142. The van der Waals surface area contributed by atoms with Crippen LogP contribution in [0.5, 0.6) is 0 Å². The van der Waals surface area contributed by atoms with Crippen molar-refractivity contribution < 1.29 is 14.6 Å². The number of rotatable bonds is 3. The average Bonchev–Trinajstić information content (AvgIpc) is 3.03. The van der Waals surface area contributed by atoms with Gasteiger partial charge in [0.05, 0.1) is 13.0 Å². The summed E-state index contributed by atoms with van der Waals surface area (Å²) in [7, 11) is 1.39. The third-order valence-corrected chi connectivity index (χ3v) is 3.04. The molecule has 3 atom stereocenters. The van der Waals surface area contributed by atoms with Gasteiger partial charge < -0.3 is 9.84 Å². The molecule has 0 unspecified atom stereocenters. The smallest absolute Gasteiger partial charge is 0.309 e. The lowest BCUT2D eigenvalue weighted by Gasteiger charge is -1.98. The lowest BCUT2D eigenvalue weighted by Crippen LogP contribution is -2.06. The molecular weight excluding hydrogens is 192 g/mol. The Morgan fingerprint density at radius 2 is 2.07 bits per heavy atom. The summed E-state index contributed by atoms with van der Waals surface area (Å²) in [5.74, 6) is -0.228. The third kappa shape index (κ3) is 1.75. The van der Waals surface area contributed by atoms with E-state index in [2.05, 4.69) is 0 Å². The van der Waals surface area contributed by atoms with E-state index in [1.807, 2.05) is 30.3 Å². The summed E-state index contributed by atoms with van der Waals surface area (Å²) in [5, 5.41) is 9.14. The van der Waals surface area contributed by atoms with Crippen LogP contribution in [0, 0.1) is 11.8 Å². The fourth-order valence-electron chi connectivity index (χ4n) is 2.19. The van der Waals surface area contributed by atoms with Gasteiger partial charge >= 0.3 is 5.97 Å². The molecule has 1 aliphatic rings. The second-order valence-electron chi connectivity index (χ2n) is 3.83. The fraction of sp³-hybridized carbons (Fsp3) is 0.417. The first-order valence-electron chi connectivity index (χ1n) is 5.03. The quantitative estimate of drug-likeness (QED) is 0.755. The van der Waals surface area contributed by atoms with Gasteiger partial charge in [-0.15, -0.1) is 0 Å². The minimum absolute atomic E-state index is 0.0276. The van der Waals surface area contributed by atoms with Crippen LogP contribution in [0.15, 0.2) is 30.3 Å². The zero-order valence-electron chi connectivity index (χ0n) is 8.59. The SMILES string of the molecule is COC(=O)[C@@H]1[C@H](CO)[C@H]1c1ccccc1. The number of hydrogen-bond acceptors (Lipinski definition) is 3. The van der Waals surface area contributed by atoms with E-state index < -0.39 is 0 Å². The van der Waals surface area contributed by atoms with Crippen molar-refractivity contribution in [1.29, 1.82) is 0 Å². The topological polar surface area (TPSA) is 46.5 Å². The van der Waals surface area contributed by atoms with Crippen molar-refractivity contribution in [3.05, 3.63) is 35.9 Å². The molecule has 0 radical (unpaired) electrons. The molecule has 80 valence electrons. The van der Waals surface area contributed by atoms with Gasteiger partial charge in [-0.2, -0.15) is 0 Å². The molecule has 1 aromatic rings. The molecule has 3 nitrogen and oxygen atoms in total. The van der Waals surface area contributed by atoms with Crippen molar-refractivity contribution in [2.45, 2.75) is 5.92 Å². The van der Waals surface area contributed by atoms with Crippen molar-refractivity contribution in [3.8, 4) is 0 Å². The Hall–Kier alpha value is -1.35. The van der Waals surface area contributed by atoms with Crippen molar-refractivity contribution in [3.63, 3.8) is 0 Å². The van der Waals surface area contributed by atoms with Gasteiger partial charge in [0, 0.05) is 18.4 Å². The van der Waals surface area contributed by atoms with Crippen LogP contribution in [-0.2, 0) is 9.53 Å². The molecule has 3 heteroatoms. The normalized spacial score (nSPS) is 28.5. The molecule has 1 aliphatic carbocycles. The first-order valence-corrected chi connectivity index (χ1v) is 5.03. The van der Waals surface area contributed by atoms with Gasteiger partial charge in [-0.3, -0.25) is 4.79 Å². The van der Waals surface area contributed by atoms with E-state index in [-0.39, 0.29) is 30.3 Å². The summed E-state index contributed by atoms with van der Waals surface area (Å²) in [6.45, 7) is 0.0410. The maximum absolute atomic E-state index is 11.4. The molecule has 2 rings (SSSR count). The molecule has 0 bridgehead atoms. The second-order valence-corrected chi connectivity index (χ2v) is 3.83. The number of hydrogen-bond donors (Lipinski definition) is 1. The molecular formula is C12H14O3. The molecule has 0 spiro atoms. The van der Waals surface area contributed by atoms with Crippen LogP contribution in [0.3, 0.4) is 0 Å². The van der Waals surface area contributed by atoms with Crippen molar-refractivity contribution in [1.82, 2.24) is 0 Å². The summed E-state index contributed by atoms with van der Waals surface area (Å²) < 4.78 is 4.71. The molecule has 1 saturated carbocycles. The summed E-state index contributed by atoms with van der Waals surface area (Å²) in [6, 6.07) is 9.78. The summed E-state index contributed by atoms with van der Waals surface area (Å²) >= 11 is 0. The van der Waals surface area contributed by atoms with Crippen molar-refractivity contribution >= 4 is 5.97 Å². The molecule has 0 aliphatic heterocycles. The van der Waals surface area contributed by atoms with Crippen molar-refractivity contribution in [2.24, 2.45) is 11.8 Å². The number of benzene rings is 1. The monoisotopic (exact) mass is 206 g/mol. The molecule has 0 saturated heterocycles. The maximum Gasteiger partial charge on any atom is 0.309 e. The fourth-order valence-corrected chi connectivity index (χ4v) is 2.19. The highest BCUT2D eigenvalue weighted by atomic mass is 16.5. The number of methoxy groups -OCH3 is 1. The Balaban J connectivity index is 2.15. The molecule has 0 aromatic heterocycles. The number of aliphatic hydroxyl groups is 1. The largest absolute Gasteiger partial charge is 0.469 e. The lowest BCUT2D eigenvalue weighted by atomic mass is 10.1. The van der Waals surface area contributed by atoms with Crippen LogP contribution in [0.4, 0.5) is 0 Å². The van der Waals surface area contributed by atoms with E-state index in [1.165, 1.54) is 7.11 Å². The summed E-state index contributed by atoms with van der Waals surface area (Å²) in [4.78, 5) is 11.4. The van der Waals surface area contributed by atoms with Crippen molar-refractivity contribution in [2.75, 3.05) is 13.7 Å². The predicted molar refractivity (Wildman–Crippen MR) is 55.3 cm³/mol. The van der Waals surface area contributed by atoms with Gasteiger partial charge in [-0.1, -0.05) is 30.3 Å². The number of ether oxygens (including phenoxy) is 1. The zero-order valence-corrected chi connectivity index (χ0v) is 8.59. The number of aliphatic hydroxyl groups excluding tert-OH is 1. The van der Waals surface area contributed by atoms with Crippen LogP contribution in [0.2, 0.25) is 0 Å². The van der Waals surface area contributed by atoms with E-state index in [0.717, 1.165) is 5.56 Å². The zero-order chi connectivity index (χ0) is 10.8. The number of esters is 1. The molecule has 0 amide bonds. The Morgan fingerprint density at radius 1 is 1.40 bits per heavy atom. The van der Waals surface area contributed by atoms with Gasteiger partial charge in [0.25, 0.3) is 0 Å². The number of carbonyl (C=O) groups is 1. The maximum atomic E-state index is 11.4. The summed E-state index contributed by atoms with van der Waals surface area (Å²) in [5.41, 5.74) is 1.10. The highest BCUT2D eigenvalue weighted by molar-refractivity contribution is 5.78. The third-order valence-electron chi connectivity index (χ3n) is 3.04. The number of carbonyl (C=O) groups excluding carboxylic acids is 1. The Kier molecular flexibility index (Phi) is 2.73. The Morgan fingerprint density at radius 3 is 2.60 bits per heavy atom. The van der Waals surface area contributed by atoms with Gasteiger partial charge in [0.15, 0.2) is 0 Å². The van der Waals surface area contributed by atoms with Crippen LogP contribution in [0.1, 0.15) is 11.5 Å². The first kappa shape index (κ1) is 10.2. The molecule has 0 heterocycles. The molecule has 15 heavy (non-hydrogen) atoms. The highest BCUT2D eigenvalue weighted by Crippen LogP contribution is 2.54. The Bertz CT molecular complexity index is 347. The van der Waals surface area contributed by atoms with Crippen LogP contribution >= 0.6 is 0 Å². The predicted octanol–water partition coefficient (Wildman–Crippen LogP) is 1.18. The molecule has 1 N–H and O–H groups in total.